The van der Waals surface area contributed by atoms with Crippen molar-refractivity contribution >= 4 is 34.6 Å². The van der Waals surface area contributed by atoms with E-state index >= 15 is 0 Å². The van der Waals surface area contributed by atoms with Crippen LogP contribution in [0.1, 0.15) is 18.1 Å². The molecule has 0 radical (unpaired) electrons. The van der Waals surface area contributed by atoms with Crippen LogP contribution < -0.4 is 0 Å². The fourth-order valence-electron chi connectivity index (χ4n) is 2.42. The summed E-state index contributed by atoms with van der Waals surface area (Å²) in [6.07, 6.45) is 1.77. The second-order valence-electron chi connectivity index (χ2n) is 5.64. The van der Waals surface area contributed by atoms with Crippen LogP contribution >= 0.6 is 11.8 Å². The maximum atomic E-state index is 12.6. The van der Waals surface area contributed by atoms with Crippen LogP contribution in [0.15, 0.2) is 52.4 Å². The molecule has 0 bridgehead atoms. The molecular weight excluding hydrogens is 336 g/mol. The van der Waals surface area contributed by atoms with Crippen molar-refractivity contribution in [2.75, 3.05) is 6.54 Å². The first-order chi connectivity index (χ1) is 12.0. The summed E-state index contributed by atoms with van der Waals surface area (Å²) in [4.78, 5) is 19.2. The van der Waals surface area contributed by atoms with Gasteiger partial charge < -0.3 is 10.2 Å². The average molecular weight is 354 g/mol. The molecule has 2 aromatic rings. The number of hydrogen-bond donors (Lipinski definition) is 2. The van der Waals surface area contributed by atoms with Gasteiger partial charge in [0, 0.05) is 6.54 Å². The quantitative estimate of drug-likeness (QED) is 0.816. The average Bonchev–Trinajstić information content (AvgIpc) is 2.87. The molecule has 6 heteroatoms. The topological polar surface area (TPSA) is 73.1 Å². The number of aliphatic imine (C=N–C) groups is 1. The number of benzene rings is 2. The zero-order valence-corrected chi connectivity index (χ0v) is 14.7. The lowest BCUT2D eigenvalue weighted by molar-refractivity contribution is -0.122. The van der Waals surface area contributed by atoms with Gasteiger partial charge in [-0.3, -0.25) is 9.69 Å². The second kappa shape index (κ2) is 7.03. The van der Waals surface area contributed by atoms with E-state index in [9.17, 15) is 15.0 Å². The molecule has 0 saturated carbocycles. The first-order valence-corrected chi connectivity index (χ1v) is 8.68. The van der Waals surface area contributed by atoms with Gasteiger partial charge in [0.1, 0.15) is 17.2 Å². The van der Waals surface area contributed by atoms with Gasteiger partial charge in [-0.05, 0) is 67.1 Å². The number of amides is 1. The van der Waals surface area contributed by atoms with E-state index in [1.807, 2.05) is 19.9 Å². The molecule has 1 heterocycles. The van der Waals surface area contributed by atoms with Crippen molar-refractivity contribution in [1.29, 1.82) is 0 Å². The van der Waals surface area contributed by atoms with Gasteiger partial charge in [0.05, 0.1) is 4.91 Å². The molecule has 128 valence electrons. The predicted octanol–water partition coefficient (Wildman–Crippen LogP) is 4.03. The minimum absolute atomic E-state index is 0.0903. The van der Waals surface area contributed by atoms with E-state index in [0.29, 0.717) is 22.3 Å². The molecule has 1 aliphatic rings. The summed E-state index contributed by atoms with van der Waals surface area (Å²) in [5.41, 5.74) is 2.20. The summed E-state index contributed by atoms with van der Waals surface area (Å²) >= 11 is 1.27. The van der Waals surface area contributed by atoms with Crippen molar-refractivity contribution in [3.05, 3.63) is 58.5 Å². The molecule has 25 heavy (non-hydrogen) atoms. The van der Waals surface area contributed by atoms with Gasteiger partial charge in [-0.25, -0.2) is 4.99 Å². The normalized spacial score (nSPS) is 17.7. The van der Waals surface area contributed by atoms with Crippen molar-refractivity contribution in [3.8, 4) is 11.5 Å². The standard InChI is InChI=1S/C19H18N2O3S/c1-3-21-18(24)17(11-13-5-7-14(22)8-6-13)25-19(21)20-15-9-4-12(2)10-16(15)23/h4-11,22-23H,3H2,1-2H3/b17-11-,20-19?. The van der Waals surface area contributed by atoms with Gasteiger partial charge in [0.15, 0.2) is 5.17 Å². The summed E-state index contributed by atoms with van der Waals surface area (Å²) in [7, 11) is 0. The Hall–Kier alpha value is -2.73. The highest BCUT2D eigenvalue weighted by Crippen LogP contribution is 2.36. The number of carbonyl (C=O) groups is 1. The molecule has 1 saturated heterocycles. The number of carbonyl (C=O) groups excluding carboxylic acids is 1. The van der Waals surface area contributed by atoms with E-state index < -0.39 is 0 Å². The Morgan fingerprint density at radius 1 is 1.16 bits per heavy atom. The van der Waals surface area contributed by atoms with Crippen LogP contribution in [0.4, 0.5) is 5.69 Å². The minimum Gasteiger partial charge on any atom is -0.508 e. The lowest BCUT2D eigenvalue weighted by Crippen LogP contribution is -2.28. The Morgan fingerprint density at radius 2 is 1.88 bits per heavy atom. The number of phenolic OH excluding ortho intramolecular Hbond substituents is 2. The Kier molecular flexibility index (Phi) is 4.81. The minimum atomic E-state index is -0.120. The van der Waals surface area contributed by atoms with Crippen LogP contribution in [-0.4, -0.2) is 32.7 Å². The number of hydrogen-bond acceptors (Lipinski definition) is 5. The summed E-state index contributed by atoms with van der Waals surface area (Å²) in [5, 5.41) is 19.9. The number of likely N-dealkylation sites (N-methyl/N-ethyl adjacent to an activating group) is 1. The van der Waals surface area contributed by atoms with Gasteiger partial charge >= 0.3 is 0 Å². The Labute approximate surface area is 150 Å². The SMILES string of the molecule is CCN1C(=O)/C(=C/c2ccc(O)cc2)SC1=Nc1ccc(C)cc1O. The van der Waals surface area contributed by atoms with Crippen LogP contribution in [0.3, 0.4) is 0 Å². The van der Waals surface area contributed by atoms with Gasteiger partial charge in [-0.1, -0.05) is 18.2 Å². The first kappa shape index (κ1) is 17.1. The smallest absolute Gasteiger partial charge is 0.266 e. The molecule has 5 nitrogen and oxygen atoms in total. The van der Waals surface area contributed by atoms with E-state index in [0.717, 1.165) is 11.1 Å². The van der Waals surface area contributed by atoms with Gasteiger partial charge in [0.2, 0.25) is 0 Å². The van der Waals surface area contributed by atoms with E-state index in [1.54, 1.807) is 47.4 Å². The molecule has 1 fully saturated rings. The predicted molar refractivity (Wildman–Crippen MR) is 101 cm³/mol. The number of aryl methyl sites for hydroxylation is 1. The molecule has 0 aromatic heterocycles. The molecule has 0 unspecified atom stereocenters. The fraction of sp³-hybridized carbons (Fsp3) is 0.158. The summed E-state index contributed by atoms with van der Waals surface area (Å²) in [5.74, 6) is 0.151. The zero-order valence-electron chi connectivity index (χ0n) is 13.9. The highest BCUT2D eigenvalue weighted by molar-refractivity contribution is 8.18. The molecule has 0 aliphatic carbocycles. The first-order valence-electron chi connectivity index (χ1n) is 7.86. The lowest BCUT2D eigenvalue weighted by atomic mass is 10.2. The van der Waals surface area contributed by atoms with Crippen molar-refractivity contribution < 1.29 is 15.0 Å². The van der Waals surface area contributed by atoms with Crippen molar-refractivity contribution in [2.45, 2.75) is 13.8 Å². The zero-order chi connectivity index (χ0) is 18.0. The van der Waals surface area contributed by atoms with Crippen molar-refractivity contribution in [1.82, 2.24) is 4.90 Å². The number of aromatic hydroxyl groups is 2. The monoisotopic (exact) mass is 354 g/mol. The van der Waals surface area contributed by atoms with Crippen LogP contribution in [0, 0.1) is 6.92 Å². The molecular formula is C19H18N2O3S. The highest BCUT2D eigenvalue weighted by atomic mass is 32.2. The van der Waals surface area contributed by atoms with Crippen molar-refractivity contribution in [2.24, 2.45) is 4.99 Å². The van der Waals surface area contributed by atoms with E-state index in [-0.39, 0.29) is 17.4 Å². The van der Waals surface area contributed by atoms with E-state index in [1.165, 1.54) is 11.8 Å². The largest absolute Gasteiger partial charge is 0.508 e. The summed E-state index contributed by atoms with van der Waals surface area (Å²) in [6.45, 7) is 4.26. The summed E-state index contributed by atoms with van der Waals surface area (Å²) in [6, 6.07) is 11.9. The second-order valence-corrected chi connectivity index (χ2v) is 6.65. The maximum absolute atomic E-state index is 12.6. The van der Waals surface area contributed by atoms with Crippen LogP contribution in [0.25, 0.3) is 6.08 Å². The van der Waals surface area contributed by atoms with Crippen LogP contribution in [-0.2, 0) is 4.79 Å². The maximum Gasteiger partial charge on any atom is 0.266 e. The van der Waals surface area contributed by atoms with Crippen molar-refractivity contribution in [3.63, 3.8) is 0 Å². The Bertz CT molecular complexity index is 873. The third-order valence-corrected chi connectivity index (χ3v) is 4.75. The Morgan fingerprint density at radius 3 is 2.52 bits per heavy atom. The van der Waals surface area contributed by atoms with Gasteiger partial charge in [0.25, 0.3) is 5.91 Å². The molecule has 2 aromatic carbocycles. The molecule has 1 amide bonds. The van der Waals surface area contributed by atoms with Crippen LogP contribution in [0.2, 0.25) is 0 Å². The molecule has 2 N–H and O–H groups in total. The fourth-order valence-corrected chi connectivity index (χ4v) is 3.48. The number of nitrogens with zero attached hydrogens (tertiary/aromatic N) is 2. The molecule has 0 spiro atoms. The van der Waals surface area contributed by atoms with Gasteiger partial charge in [-0.2, -0.15) is 0 Å². The third-order valence-electron chi connectivity index (χ3n) is 3.74. The summed E-state index contributed by atoms with van der Waals surface area (Å²) < 4.78 is 0. The van der Waals surface area contributed by atoms with E-state index in [4.69, 9.17) is 0 Å². The lowest BCUT2D eigenvalue weighted by Gasteiger charge is -2.12. The molecule has 1 aliphatic heterocycles. The molecule has 0 atom stereocenters. The number of thioether (sulfide) groups is 1. The highest BCUT2D eigenvalue weighted by Gasteiger charge is 2.32. The number of amidine groups is 1. The van der Waals surface area contributed by atoms with Gasteiger partial charge in [-0.15, -0.1) is 0 Å². The number of rotatable bonds is 3. The Balaban J connectivity index is 1.94. The third kappa shape index (κ3) is 3.69. The van der Waals surface area contributed by atoms with E-state index in [2.05, 4.69) is 4.99 Å². The van der Waals surface area contributed by atoms with Crippen LogP contribution in [0.5, 0.6) is 11.5 Å². The molecule has 3 rings (SSSR count). The number of phenols is 2.